The van der Waals surface area contributed by atoms with Crippen molar-refractivity contribution in [2.75, 3.05) is 13.6 Å². The van der Waals surface area contributed by atoms with E-state index in [1.807, 2.05) is 36.4 Å². The molecule has 8 heteroatoms. The smallest absolute Gasteiger partial charge is 0.246 e. The van der Waals surface area contributed by atoms with Gasteiger partial charge >= 0.3 is 0 Å². The Balaban J connectivity index is 1.24. The van der Waals surface area contributed by atoms with E-state index in [1.165, 1.54) is 6.08 Å². The van der Waals surface area contributed by atoms with E-state index in [1.54, 1.807) is 42.3 Å². The minimum Gasteiger partial charge on any atom is -0.361 e. The zero-order valence-corrected chi connectivity index (χ0v) is 19.3. The van der Waals surface area contributed by atoms with Crippen LogP contribution in [0.15, 0.2) is 76.2 Å². The number of carbonyl (C=O) groups excluding carboxylic acids is 1. The molecule has 0 spiro atoms. The number of hydrogen-bond donors (Lipinski definition) is 1. The molecule has 1 heterocycles. The lowest BCUT2D eigenvalue weighted by Crippen LogP contribution is -2.26. The lowest BCUT2D eigenvalue weighted by Gasteiger charge is -2.14. The first-order valence-corrected chi connectivity index (χ1v) is 12.5. The highest BCUT2D eigenvalue weighted by molar-refractivity contribution is 7.89. The Morgan fingerprint density at radius 2 is 1.88 bits per heavy atom. The predicted octanol–water partition coefficient (Wildman–Crippen LogP) is 3.89. The van der Waals surface area contributed by atoms with Crippen molar-refractivity contribution >= 4 is 22.0 Å². The Bertz CT molecular complexity index is 1210. The van der Waals surface area contributed by atoms with E-state index in [2.05, 4.69) is 9.88 Å². The average Bonchev–Trinajstić information content (AvgIpc) is 3.50. The maximum Gasteiger partial charge on any atom is 0.246 e. The molecule has 0 unspecified atom stereocenters. The number of carbonyl (C=O) groups is 1. The van der Waals surface area contributed by atoms with E-state index < -0.39 is 10.0 Å². The van der Waals surface area contributed by atoms with Crippen LogP contribution in [-0.2, 0) is 21.2 Å². The van der Waals surface area contributed by atoms with Crippen LogP contribution in [0.4, 0.5) is 0 Å². The van der Waals surface area contributed by atoms with Crippen molar-refractivity contribution < 1.29 is 17.7 Å². The summed E-state index contributed by atoms with van der Waals surface area (Å²) in [4.78, 5) is 14.3. The standard InChI is InChI=1S/C25H27N3O4S/c1-28(17-5-8-22-18-24(26-32-22)20-6-3-2-4-7-20)25(29)16-11-19-9-14-23(15-10-19)33(30,31)27-21-12-13-21/h2-4,6-7,9-11,14-16,18,21,27H,5,8,12-13,17H2,1H3/b16-11+. The van der Waals surface area contributed by atoms with E-state index in [0.29, 0.717) is 13.0 Å². The van der Waals surface area contributed by atoms with Gasteiger partial charge in [0.15, 0.2) is 0 Å². The van der Waals surface area contributed by atoms with E-state index >= 15 is 0 Å². The molecule has 1 fully saturated rings. The summed E-state index contributed by atoms with van der Waals surface area (Å²) in [6.07, 6.45) is 6.40. The van der Waals surface area contributed by atoms with E-state index in [0.717, 1.165) is 41.8 Å². The molecule has 7 nitrogen and oxygen atoms in total. The van der Waals surface area contributed by atoms with Crippen LogP contribution in [-0.4, -0.2) is 44.0 Å². The SMILES string of the molecule is CN(CCCc1cc(-c2ccccc2)no1)C(=O)/C=C/c1ccc(S(=O)(=O)NC2CC2)cc1. The molecule has 1 aliphatic rings. The third-order valence-corrected chi connectivity index (χ3v) is 6.97. The van der Waals surface area contributed by atoms with Gasteiger partial charge in [-0.3, -0.25) is 4.79 Å². The number of rotatable bonds is 10. The highest BCUT2D eigenvalue weighted by atomic mass is 32.2. The van der Waals surface area contributed by atoms with Crippen LogP contribution in [0.2, 0.25) is 0 Å². The first-order chi connectivity index (χ1) is 15.9. The van der Waals surface area contributed by atoms with Gasteiger partial charge in [0.1, 0.15) is 11.5 Å². The number of aryl methyl sites for hydroxylation is 1. The fraction of sp³-hybridized carbons (Fsp3) is 0.280. The molecule has 172 valence electrons. The minimum absolute atomic E-state index is 0.0673. The number of likely N-dealkylation sites (N-methyl/N-ethyl adjacent to an activating group) is 1. The molecular formula is C25H27N3O4S. The molecule has 1 N–H and O–H groups in total. The summed E-state index contributed by atoms with van der Waals surface area (Å²) in [7, 11) is -1.72. The van der Waals surface area contributed by atoms with Crippen molar-refractivity contribution in [2.45, 2.75) is 36.6 Å². The van der Waals surface area contributed by atoms with Crippen molar-refractivity contribution in [3.63, 3.8) is 0 Å². The zero-order chi connectivity index (χ0) is 23.3. The molecule has 4 rings (SSSR count). The first kappa shape index (κ1) is 22.9. The molecule has 3 aromatic rings. The van der Waals surface area contributed by atoms with E-state index in [4.69, 9.17) is 4.52 Å². The van der Waals surface area contributed by atoms with Crippen molar-refractivity contribution in [1.29, 1.82) is 0 Å². The van der Waals surface area contributed by atoms with Crippen molar-refractivity contribution in [3.05, 3.63) is 78.1 Å². The second-order valence-corrected chi connectivity index (χ2v) is 9.92. The van der Waals surface area contributed by atoms with Gasteiger partial charge in [-0.15, -0.1) is 0 Å². The van der Waals surface area contributed by atoms with Gasteiger partial charge in [-0.2, -0.15) is 0 Å². The molecule has 1 aliphatic carbocycles. The number of nitrogens with one attached hydrogen (secondary N) is 1. The molecule has 0 atom stereocenters. The molecule has 1 amide bonds. The Hall–Kier alpha value is -3.23. The Labute approximate surface area is 194 Å². The van der Waals surface area contributed by atoms with Crippen LogP contribution in [0.3, 0.4) is 0 Å². The summed E-state index contributed by atoms with van der Waals surface area (Å²) in [6.45, 7) is 0.578. The van der Waals surface area contributed by atoms with Gasteiger partial charge in [-0.1, -0.05) is 47.6 Å². The molecule has 0 radical (unpaired) electrons. The first-order valence-electron chi connectivity index (χ1n) is 11.0. The number of aromatic nitrogens is 1. The van der Waals surface area contributed by atoms with Gasteiger partial charge in [0, 0.05) is 43.8 Å². The number of sulfonamides is 1. The lowest BCUT2D eigenvalue weighted by molar-refractivity contribution is -0.124. The summed E-state index contributed by atoms with van der Waals surface area (Å²) in [5, 5.41) is 4.11. The van der Waals surface area contributed by atoms with Gasteiger partial charge in [-0.05, 0) is 43.0 Å². The minimum atomic E-state index is -3.47. The van der Waals surface area contributed by atoms with Crippen molar-refractivity contribution in [2.24, 2.45) is 0 Å². The van der Waals surface area contributed by atoms with Crippen molar-refractivity contribution in [1.82, 2.24) is 14.8 Å². The molecule has 33 heavy (non-hydrogen) atoms. The summed E-state index contributed by atoms with van der Waals surface area (Å²) >= 11 is 0. The fourth-order valence-corrected chi connectivity index (χ4v) is 4.62. The normalized spacial score (nSPS) is 14.0. The van der Waals surface area contributed by atoms with Gasteiger partial charge in [-0.25, -0.2) is 13.1 Å². The maximum atomic E-state index is 12.4. The van der Waals surface area contributed by atoms with Crippen LogP contribution in [0.1, 0.15) is 30.6 Å². The van der Waals surface area contributed by atoms with Crippen molar-refractivity contribution in [3.8, 4) is 11.3 Å². The molecular weight excluding hydrogens is 438 g/mol. The van der Waals surface area contributed by atoms with Crippen LogP contribution >= 0.6 is 0 Å². The second kappa shape index (κ2) is 10.1. The van der Waals surface area contributed by atoms with E-state index in [9.17, 15) is 13.2 Å². The third kappa shape index (κ3) is 6.40. The Morgan fingerprint density at radius 1 is 1.15 bits per heavy atom. The average molecular weight is 466 g/mol. The number of hydrogen-bond acceptors (Lipinski definition) is 5. The van der Waals surface area contributed by atoms with Gasteiger partial charge in [0.05, 0.1) is 4.90 Å². The zero-order valence-electron chi connectivity index (χ0n) is 18.5. The van der Waals surface area contributed by atoms with Crippen LogP contribution in [0.5, 0.6) is 0 Å². The number of nitrogens with zero attached hydrogens (tertiary/aromatic N) is 2. The quantitative estimate of drug-likeness (QED) is 0.459. The topological polar surface area (TPSA) is 92.5 Å². The van der Waals surface area contributed by atoms with Gasteiger partial charge in [0.2, 0.25) is 15.9 Å². The van der Waals surface area contributed by atoms with Gasteiger partial charge < -0.3 is 9.42 Å². The fourth-order valence-electron chi connectivity index (χ4n) is 3.32. The molecule has 1 saturated carbocycles. The highest BCUT2D eigenvalue weighted by Crippen LogP contribution is 2.22. The molecule has 1 aromatic heterocycles. The Morgan fingerprint density at radius 3 is 2.58 bits per heavy atom. The molecule has 0 aliphatic heterocycles. The monoisotopic (exact) mass is 465 g/mol. The largest absolute Gasteiger partial charge is 0.361 e. The van der Waals surface area contributed by atoms with Crippen LogP contribution in [0.25, 0.3) is 17.3 Å². The van der Waals surface area contributed by atoms with E-state index in [-0.39, 0.29) is 16.8 Å². The maximum absolute atomic E-state index is 12.4. The Kier molecular flexibility index (Phi) is 7.05. The number of benzene rings is 2. The summed E-state index contributed by atoms with van der Waals surface area (Å²) in [6, 6.07) is 18.3. The summed E-state index contributed by atoms with van der Waals surface area (Å²) in [5.74, 6) is 0.668. The second-order valence-electron chi connectivity index (χ2n) is 8.21. The van der Waals surface area contributed by atoms with Crippen LogP contribution in [0, 0.1) is 0 Å². The lowest BCUT2D eigenvalue weighted by atomic mass is 10.1. The summed E-state index contributed by atoms with van der Waals surface area (Å²) in [5.41, 5.74) is 2.58. The molecule has 0 saturated heterocycles. The third-order valence-electron chi connectivity index (χ3n) is 5.43. The summed E-state index contributed by atoms with van der Waals surface area (Å²) < 4.78 is 32.5. The molecule has 2 aromatic carbocycles. The van der Waals surface area contributed by atoms with Crippen LogP contribution < -0.4 is 4.72 Å². The van der Waals surface area contributed by atoms with Gasteiger partial charge in [0.25, 0.3) is 0 Å². The highest BCUT2D eigenvalue weighted by Gasteiger charge is 2.27. The molecule has 0 bridgehead atoms. The number of amides is 1. The predicted molar refractivity (Wildman–Crippen MR) is 127 cm³/mol.